The van der Waals surface area contributed by atoms with E-state index in [2.05, 4.69) is 87.2 Å². The highest BCUT2D eigenvalue weighted by Gasteiger charge is 2.09. The van der Waals surface area contributed by atoms with E-state index in [0.717, 1.165) is 28.3 Å². The smallest absolute Gasteiger partial charge is 0.191 e. The van der Waals surface area contributed by atoms with Gasteiger partial charge in [0.05, 0.1) is 6.21 Å². The van der Waals surface area contributed by atoms with Crippen LogP contribution < -0.4 is 10.7 Å². The van der Waals surface area contributed by atoms with Crippen LogP contribution in [0.1, 0.15) is 17.0 Å². The van der Waals surface area contributed by atoms with Gasteiger partial charge in [0.1, 0.15) is 0 Å². The molecule has 0 aliphatic carbocycles. The Balaban J connectivity index is 1.70. The summed E-state index contributed by atoms with van der Waals surface area (Å²) in [7, 11) is 0. The zero-order valence-corrected chi connectivity index (χ0v) is 17.5. The highest BCUT2D eigenvalue weighted by molar-refractivity contribution is 14.1. The molecule has 26 heavy (non-hydrogen) atoms. The molecule has 3 aromatic rings. The van der Waals surface area contributed by atoms with Crippen LogP contribution in [0, 0.1) is 17.4 Å². The van der Waals surface area contributed by atoms with E-state index in [4.69, 9.17) is 12.2 Å². The minimum absolute atomic E-state index is 0.457. The molecule has 0 fully saturated rings. The summed E-state index contributed by atoms with van der Waals surface area (Å²) in [5, 5.41) is 7.82. The van der Waals surface area contributed by atoms with Crippen molar-refractivity contribution in [3.63, 3.8) is 0 Å². The molecule has 0 radical (unpaired) electrons. The monoisotopic (exact) mass is 474 g/mol. The molecule has 3 rings (SSSR count). The van der Waals surface area contributed by atoms with Crippen LogP contribution in [0.2, 0.25) is 0 Å². The number of hydrogen-bond acceptors (Lipinski definition) is 2. The van der Waals surface area contributed by atoms with E-state index < -0.39 is 0 Å². The Morgan fingerprint density at radius 2 is 1.77 bits per heavy atom. The first-order valence-corrected chi connectivity index (χ1v) is 9.63. The van der Waals surface area contributed by atoms with E-state index in [1.165, 1.54) is 3.57 Å². The molecule has 1 heterocycles. The Morgan fingerprint density at radius 1 is 1.08 bits per heavy atom. The SMILES string of the molecule is Cc1cc(C=NNC(=S)Nc2ccccc2)c(C)n1-c1ccc(I)cc1. The first kappa shape index (κ1) is 18.6. The van der Waals surface area contributed by atoms with Gasteiger partial charge >= 0.3 is 0 Å². The Labute approximate surface area is 172 Å². The highest BCUT2D eigenvalue weighted by atomic mass is 127. The van der Waals surface area contributed by atoms with Crippen molar-refractivity contribution in [3.8, 4) is 5.69 Å². The zero-order chi connectivity index (χ0) is 18.5. The number of halogens is 1. The fourth-order valence-electron chi connectivity index (χ4n) is 2.75. The van der Waals surface area contributed by atoms with Crippen molar-refractivity contribution in [3.05, 3.63) is 81.2 Å². The summed E-state index contributed by atoms with van der Waals surface area (Å²) >= 11 is 7.58. The van der Waals surface area contributed by atoms with Gasteiger partial charge in [-0.3, -0.25) is 5.43 Å². The molecule has 0 bridgehead atoms. The van der Waals surface area contributed by atoms with Crippen molar-refractivity contribution in [1.82, 2.24) is 9.99 Å². The fraction of sp³-hybridized carbons (Fsp3) is 0.100. The number of aryl methyl sites for hydroxylation is 1. The van der Waals surface area contributed by atoms with Crippen molar-refractivity contribution < 1.29 is 0 Å². The molecule has 0 aliphatic rings. The van der Waals surface area contributed by atoms with Crippen LogP contribution >= 0.6 is 34.8 Å². The molecule has 0 amide bonds. The Kier molecular flexibility index (Phi) is 6.05. The standard InChI is InChI=1S/C20H19IN4S/c1-14-12-16(15(2)25(14)19-10-8-17(21)9-11-19)13-22-24-20(26)23-18-6-4-3-5-7-18/h3-13H,1-2H3,(H2,23,24,26). The topological polar surface area (TPSA) is 41.4 Å². The average molecular weight is 474 g/mol. The van der Waals surface area contributed by atoms with Crippen molar-refractivity contribution in [1.29, 1.82) is 0 Å². The largest absolute Gasteiger partial charge is 0.331 e. The van der Waals surface area contributed by atoms with E-state index in [9.17, 15) is 0 Å². The summed E-state index contributed by atoms with van der Waals surface area (Å²) in [4.78, 5) is 0. The van der Waals surface area contributed by atoms with Gasteiger partial charge < -0.3 is 9.88 Å². The summed E-state index contributed by atoms with van der Waals surface area (Å²) in [5.74, 6) is 0. The maximum atomic E-state index is 5.26. The van der Waals surface area contributed by atoms with Crippen molar-refractivity contribution in [2.75, 3.05) is 5.32 Å². The molecule has 0 spiro atoms. The number of aromatic nitrogens is 1. The number of hydrogen-bond donors (Lipinski definition) is 2. The quantitative estimate of drug-likeness (QED) is 0.242. The van der Waals surface area contributed by atoms with Gasteiger partial charge in [0.15, 0.2) is 5.11 Å². The molecule has 4 nitrogen and oxygen atoms in total. The minimum atomic E-state index is 0.457. The number of thiocarbonyl (C=S) groups is 1. The molecule has 0 unspecified atom stereocenters. The lowest BCUT2D eigenvalue weighted by molar-refractivity contribution is 0.963. The van der Waals surface area contributed by atoms with Gasteiger partial charge in [-0.2, -0.15) is 5.10 Å². The molecular formula is C20H19IN4S. The predicted octanol–water partition coefficient (Wildman–Crippen LogP) is 5.02. The molecule has 0 saturated heterocycles. The maximum absolute atomic E-state index is 5.26. The number of para-hydroxylation sites is 1. The van der Waals surface area contributed by atoms with E-state index in [-0.39, 0.29) is 0 Å². The summed E-state index contributed by atoms with van der Waals surface area (Å²) < 4.78 is 3.44. The first-order valence-electron chi connectivity index (χ1n) is 8.14. The normalized spacial score (nSPS) is 10.9. The summed E-state index contributed by atoms with van der Waals surface area (Å²) in [6.45, 7) is 4.18. The second-order valence-electron chi connectivity index (χ2n) is 5.83. The predicted molar refractivity (Wildman–Crippen MR) is 121 cm³/mol. The van der Waals surface area contributed by atoms with E-state index in [0.29, 0.717) is 5.11 Å². The second kappa shape index (κ2) is 8.46. The molecule has 132 valence electrons. The number of anilines is 1. The van der Waals surface area contributed by atoms with Crippen LogP contribution in [0.5, 0.6) is 0 Å². The number of rotatable bonds is 4. The van der Waals surface area contributed by atoms with Gasteiger partial charge in [-0.1, -0.05) is 18.2 Å². The molecule has 2 N–H and O–H groups in total. The molecule has 0 atom stereocenters. The Bertz CT molecular complexity index is 930. The van der Waals surface area contributed by atoms with Gasteiger partial charge in [-0.05, 0) is 91.1 Å². The van der Waals surface area contributed by atoms with Crippen LogP contribution in [0.3, 0.4) is 0 Å². The number of nitrogens with zero attached hydrogens (tertiary/aromatic N) is 2. The number of nitrogens with one attached hydrogen (secondary N) is 2. The van der Waals surface area contributed by atoms with Crippen LogP contribution in [-0.2, 0) is 0 Å². The number of hydrazone groups is 1. The molecule has 6 heteroatoms. The summed E-state index contributed by atoms with van der Waals surface area (Å²) in [6, 6.07) is 20.4. The van der Waals surface area contributed by atoms with E-state index in [1.54, 1.807) is 6.21 Å². The number of benzene rings is 2. The van der Waals surface area contributed by atoms with E-state index in [1.807, 2.05) is 30.3 Å². The van der Waals surface area contributed by atoms with Crippen LogP contribution in [0.25, 0.3) is 5.69 Å². The van der Waals surface area contributed by atoms with Crippen LogP contribution in [0.15, 0.2) is 65.8 Å². The molecule has 0 saturated carbocycles. The van der Waals surface area contributed by atoms with Gasteiger partial charge in [0.2, 0.25) is 0 Å². The van der Waals surface area contributed by atoms with Crippen LogP contribution in [0.4, 0.5) is 5.69 Å². The third-order valence-electron chi connectivity index (χ3n) is 3.96. The highest BCUT2D eigenvalue weighted by Crippen LogP contribution is 2.20. The summed E-state index contributed by atoms with van der Waals surface area (Å²) in [6.07, 6.45) is 1.80. The van der Waals surface area contributed by atoms with Crippen molar-refractivity contribution >= 4 is 51.8 Å². The zero-order valence-electron chi connectivity index (χ0n) is 14.5. The van der Waals surface area contributed by atoms with Crippen molar-refractivity contribution in [2.24, 2.45) is 5.10 Å². The molecular weight excluding hydrogens is 455 g/mol. The lowest BCUT2D eigenvalue weighted by Gasteiger charge is -2.09. The third-order valence-corrected chi connectivity index (χ3v) is 4.87. The van der Waals surface area contributed by atoms with Crippen molar-refractivity contribution in [2.45, 2.75) is 13.8 Å². The fourth-order valence-corrected chi connectivity index (χ4v) is 3.28. The van der Waals surface area contributed by atoms with Crippen LogP contribution in [-0.4, -0.2) is 15.9 Å². The summed E-state index contributed by atoms with van der Waals surface area (Å²) in [5.41, 5.74) is 8.29. The second-order valence-corrected chi connectivity index (χ2v) is 7.48. The van der Waals surface area contributed by atoms with Gasteiger partial charge in [-0.15, -0.1) is 0 Å². The molecule has 0 aliphatic heterocycles. The lowest BCUT2D eigenvalue weighted by Crippen LogP contribution is -2.23. The van der Waals surface area contributed by atoms with Gasteiger partial charge in [-0.25, -0.2) is 0 Å². The first-order chi connectivity index (χ1) is 12.5. The molecule has 1 aromatic heterocycles. The average Bonchev–Trinajstić information content (AvgIpc) is 2.90. The molecule has 2 aromatic carbocycles. The Hall–Kier alpha value is -2.19. The van der Waals surface area contributed by atoms with E-state index >= 15 is 0 Å². The van der Waals surface area contributed by atoms with Gasteiger partial charge in [0.25, 0.3) is 0 Å². The lowest BCUT2D eigenvalue weighted by atomic mass is 10.2. The minimum Gasteiger partial charge on any atom is -0.331 e. The Morgan fingerprint density at radius 3 is 2.46 bits per heavy atom. The third kappa shape index (κ3) is 4.50. The van der Waals surface area contributed by atoms with Gasteiger partial charge in [0, 0.05) is 31.9 Å². The maximum Gasteiger partial charge on any atom is 0.191 e.